The molecule has 1 aromatic carbocycles. The van der Waals surface area contributed by atoms with Crippen LogP contribution in [0, 0.1) is 0 Å². The fraction of sp³-hybridized carbons (Fsp3) is 0.222. The molecule has 0 fully saturated rings. The Hall–Kier alpha value is -0.630. The van der Waals surface area contributed by atoms with Crippen LogP contribution in [0.1, 0.15) is 17.0 Å². The van der Waals surface area contributed by atoms with E-state index in [1.54, 1.807) is 0 Å². The Kier molecular flexibility index (Phi) is 1.57. The van der Waals surface area contributed by atoms with E-state index >= 15 is 0 Å². The molecule has 0 aliphatic heterocycles. The Labute approximate surface area is 73.5 Å². The van der Waals surface area contributed by atoms with Gasteiger partial charge in [-0.05, 0) is 23.6 Å². The first kappa shape index (κ1) is 7.04. The van der Waals surface area contributed by atoms with Gasteiger partial charge in [0.05, 0.1) is 0 Å². The SMILES string of the molecule is O=CC1Cc2c(Br)cccc21. The quantitative estimate of drug-likeness (QED) is 0.651. The number of benzene rings is 1. The van der Waals surface area contributed by atoms with Crippen molar-refractivity contribution < 1.29 is 4.79 Å². The predicted octanol–water partition coefficient (Wildman–Crippen LogP) is 2.29. The van der Waals surface area contributed by atoms with Gasteiger partial charge in [-0.3, -0.25) is 0 Å². The van der Waals surface area contributed by atoms with Crippen LogP contribution in [0.4, 0.5) is 0 Å². The molecule has 0 amide bonds. The molecule has 0 bridgehead atoms. The van der Waals surface area contributed by atoms with E-state index < -0.39 is 0 Å². The van der Waals surface area contributed by atoms with Crippen molar-refractivity contribution in [3.8, 4) is 0 Å². The molecule has 0 saturated carbocycles. The van der Waals surface area contributed by atoms with E-state index in [9.17, 15) is 4.79 Å². The smallest absolute Gasteiger partial charge is 0.127 e. The number of halogens is 1. The second kappa shape index (κ2) is 2.45. The summed E-state index contributed by atoms with van der Waals surface area (Å²) >= 11 is 3.44. The lowest BCUT2D eigenvalue weighted by atomic mass is 9.79. The lowest BCUT2D eigenvalue weighted by Gasteiger charge is -2.26. The third kappa shape index (κ3) is 0.932. The molecule has 0 radical (unpaired) electrons. The molecule has 2 heteroatoms. The highest BCUT2D eigenvalue weighted by Crippen LogP contribution is 2.37. The van der Waals surface area contributed by atoms with Crippen LogP contribution in [0.2, 0.25) is 0 Å². The van der Waals surface area contributed by atoms with Gasteiger partial charge < -0.3 is 4.79 Å². The summed E-state index contributed by atoms with van der Waals surface area (Å²) in [7, 11) is 0. The summed E-state index contributed by atoms with van der Waals surface area (Å²) in [5.41, 5.74) is 2.49. The van der Waals surface area contributed by atoms with Gasteiger partial charge in [0.2, 0.25) is 0 Å². The molecule has 56 valence electrons. The Balaban J connectivity index is 2.48. The van der Waals surface area contributed by atoms with Gasteiger partial charge in [-0.1, -0.05) is 28.1 Å². The number of carbonyl (C=O) groups excluding carboxylic acids is 1. The van der Waals surface area contributed by atoms with Crippen LogP contribution >= 0.6 is 15.9 Å². The van der Waals surface area contributed by atoms with Crippen molar-refractivity contribution in [2.45, 2.75) is 12.3 Å². The number of aldehydes is 1. The molecule has 1 aromatic rings. The van der Waals surface area contributed by atoms with Crippen LogP contribution in [0.5, 0.6) is 0 Å². The maximum absolute atomic E-state index is 10.4. The van der Waals surface area contributed by atoms with Crippen molar-refractivity contribution in [1.29, 1.82) is 0 Å². The van der Waals surface area contributed by atoms with Gasteiger partial charge in [0, 0.05) is 10.4 Å². The topological polar surface area (TPSA) is 17.1 Å². The minimum atomic E-state index is 0.155. The zero-order chi connectivity index (χ0) is 7.84. The van der Waals surface area contributed by atoms with Gasteiger partial charge in [-0.2, -0.15) is 0 Å². The van der Waals surface area contributed by atoms with Gasteiger partial charge in [-0.15, -0.1) is 0 Å². The van der Waals surface area contributed by atoms with Crippen molar-refractivity contribution in [2.75, 3.05) is 0 Å². The number of rotatable bonds is 1. The van der Waals surface area contributed by atoms with Crippen LogP contribution in [-0.2, 0) is 11.2 Å². The highest BCUT2D eigenvalue weighted by Gasteiger charge is 2.26. The summed E-state index contributed by atoms with van der Waals surface area (Å²) < 4.78 is 1.13. The molecule has 2 rings (SSSR count). The monoisotopic (exact) mass is 210 g/mol. The molecule has 0 heterocycles. The Morgan fingerprint density at radius 3 is 3.09 bits per heavy atom. The zero-order valence-corrected chi connectivity index (χ0v) is 7.47. The van der Waals surface area contributed by atoms with Crippen molar-refractivity contribution in [3.63, 3.8) is 0 Å². The Morgan fingerprint density at radius 2 is 2.36 bits per heavy atom. The average Bonchev–Trinajstić information content (AvgIpc) is 1.95. The third-order valence-corrected chi connectivity index (χ3v) is 2.89. The molecular formula is C9H7BrO. The Morgan fingerprint density at radius 1 is 1.55 bits per heavy atom. The predicted molar refractivity (Wildman–Crippen MR) is 46.7 cm³/mol. The highest BCUT2D eigenvalue weighted by molar-refractivity contribution is 9.10. The van der Waals surface area contributed by atoms with E-state index in [2.05, 4.69) is 15.9 Å². The maximum atomic E-state index is 10.4. The van der Waals surface area contributed by atoms with Gasteiger partial charge in [-0.25, -0.2) is 0 Å². The summed E-state index contributed by atoms with van der Waals surface area (Å²) in [6.45, 7) is 0. The molecule has 0 saturated heterocycles. The number of hydrogen-bond donors (Lipinski definition) is 0. The zero-order valence-electron chi connectivity index (χ0n) is 5.88. The van der Waals surface area contributed by atoms with Crippen molar-refractivity contribution in [1.82, 2.24) is 0 Å². The van der Waals surface area contributed by atoms with Crippen LogP contribution in [0.3, 0.4) is 0 Å². The molecule has 1 nitrogen and oxygen atoms in total. The molecule has 1 unspecified atom stereocenters. The number of hydrogen-bond acceptors (Lipinski definition) is 1. The lowest BCUT2D eigenvalue weighted by Crippen LogP contribution is -2.18. The summed E-state index contributed by atoms with van der Waals surface area (Å²) in [4.78, 5) is 10.4. The van der Waals surface area contributed by atoms with E-state index in [1.807, 2.05) is 18.2 Å². The third-order valence-electron chi connectivity index (χ3n) is 2.14. The van der Waals surface area contributed by atoms with Gasteiger partial charge in [0.25, 0.3) is 0 Å². The van der Waals surface area contributed by atoms with E-state index in [-0.39, 0.29) is 5.92 Å². The molecule has 11 heavy (non-hydrogen) atoms. The summed E-state index contributed by atoms with van der Waals surface area (Å²) in [6, 6.07) is 6.00. The fourth-order valence-electron chi connectivity index (χ4n) is 1.46. The molecule has 1 aliphatic rings. The number of fused-ring (bicyclic) bond motifs is 1. The largest absolute Gasteiger partial charge is 0.303 e. The van der Waals surface area contributed by atoms with Crippen LogP contribution in [0.15, 0.2) is 22.7 Å². The minimum absolute atomic E-state index is 0.155. The summed E-state index contributed by atoms with van der Waals surface area (Å²) in [5, 5.41) is 0. The second-order valence-corrected chi connectivity index (χ2v) is 3.61. The first-order valence-electron chi connectivity index (χ1n) is 3.55. The van der Waals surface area contributed by atoms with E-state index in [1.165, 1.54) is 11.1 Å². The van der Waals surface area contributed by atoms with Crippen molar-refractivity contribution in [3.05, 3.63) is 33.8 Å². The molecule has 1 atom stereocenters. The van der Waals surface area contributed by atoms with E-state index in [4.69, 9.17) is 0 Å². The summed E-state index contributed by atoms with van der Waals surface area (Å²) in [6.07, 6.45) is 1.93. The van der Waals surface area contributed by atoms with Gasteiger partial charge >= 0.3 is 0 Å². The van der Waals surface area contributed by atoms with Gasteiger partial charge in [0.1, 0.15) is 6.29 Å². The first-order chi connectivity index (χ1) is 5.33. The number of carbonyl (C=O) groups is 1. The lowest BCUT2D eigenvalue weighted by molar-refractivity contribution is -0.109. The fourth-order valence-corrected chi connectivity index (χ4v) is 2.00. The van der Waals surface area contributed by atoms with Crippen LogP contribution in [-0.4, -0.2) is 6.29 Å². The summed E-state index contributed by atoms with van der Waals surface area (Å²) in [5.74, 6) is 0.155. The maximum Gasteiger partial charge on any atom is 0.127 e. The van der Waals surface area contributed by atoms with Gasteiger partial charge in [0.15, 0.2) is 0 Å². The molecule has 0 aromatic heterocycles. The standard InChI is InChI=1S/C9H7BrO/c10-9-3-1-2-7-6(5-11)4-8(7)9/h1-3,5-6H,4H2. The minimum Gasteiger partial charge on any atom is -0.303 e. The Bertz CT molecular complexity index is 306. The van der Waals surface area contributed by atoms with Crippen molar-refractivity contribution in [2.24, 2.45) is 0 Å². The highest BCUT2D eigenvalue weighted by atomic mass is 79.9. The average molecular weight is 211 g/mol. The van der Waals surface area contributed by atoms with E-state index in [0.717, 1.165) is 17.2 Å². The van der Waals surface area contributed by atoms with Crippen LogP contribution in [0.25, 0.3) is 0 Å². The second-order valence-electron chi connectivity index (χ2n) is 2.75. The first-order valence-corrected chi connectivity index (χ1v) is 4.35. The van der Waals surface area contributed by atoms with E-state index in [0.29, 0.717) is 0 Å². The molecular weight excluding hydrogens is 204 g/mol. The van der Waals surface area contributed by atoms with Crippen LogP contribution < -0.4 is 0 Å². The molecule has 0 spiro atoms. The van der Waals surface area contributed by atoms with Crippen molar-refractivity contribution >= 4 is 22.2 Å². The normalized spacial score (nSPS) is 20.3. The molecule has 0 N–H and O–H groups in total. The molecule has 1 aliphatic carbocycles.